The fraction of sp³-hybridized carbons (Fsp3) is 0.263. The molecule has 0 fully saturated rings. The van der Waals surface area contributed by atoms with E-state index >= 15 is 0 Å². The highest BCUT2D eigenvalue weighted by Gasteiger charge is 2.14. The lowest BCUT2D eigenvalue weighted by atomic mass is 10.2. The average molecular weight is 500 g/mol. The molecule has 0 atom stereocenters. The van der Waals surface area contributed by atoms with E-state index in [1.54, 1.807) is 36.4 Å². The molecule has 0 saturated carbocycles. The summed E-state index contributed by atoms with van der Waals surface area (Å²) < 4.78 is 12.7. The van der Waals surface area contributed by atoms with Crippen LogP contribution in [0.2, 0.25) is 0 Å². The molecule has 0 aliphatic carbocycles. The molecule has 0 unspecified atom stereocenters. The monoisotopic (exact) mass is 498 g/mol. The second kappa shape index (κ2) is 10.3. The predicted octanol–water partition coefficient (Wildman–Crippen LogP) is 4.09. The van der Waals surface area contributed by atoms with Crippen LogP contribution in [-0.4, -0.2) is 25.0 Å². The number of halogens is 2. The Morgan fingerprint density at radius 2 is 1.74 bits per heavy atom. The Bertz CT molecular complexity index is 812. The van der Waals surface area contributed by atoms with E-state index in [1.807, 2.05) is 19.9 Å². The lowest BCUT2D eigenvalue weighted by Gasteiger charge is -2.14. The Hall–Kier alpha value is -2.06. The number of amides is 2. The van der Waals surface area contributed by atoms with Crippen molar-refractivity contribution < 1.29 is 19.1 Å². The highest BCUT2D eigenvalue weighted by atomic mass is 79.9. The van der Waals surface area contributed by atoms with Crippen LogP contribution in [0, 0.1) is 5.92 Å². The number of nitrogens with one attached hydrogen (secondary N) is 2. The topological polar surface area (TPSA) is 76.7 Å². The largest absolute Gasteiger partial charge is 0.492 e. The number of rotatable bonds is 7. The highest BCUT2D eigenvalue weighted by molar-refractivity contribution is 9.11. The quantitative estimate of drug-likeness (QED) is 0.562. The standard InChI is InChI=1S/C19H20Br2N2O4/c1-12(2)10-26-16-6-4-3-5-14(16)19(25)23-22-18(24)11-27-17-8-7-13(20)9-15(17)21/h3-9,12H,10-11H2,1-2H3,(H,22,24)(H,23,25). The zero-order chi connectivity index (χ0) is 19.8. The first-order valence-electron chi connectivity index (χ1n) is 8.25. The molecule has 2 aromatic carbocycles. The van der Waals surface area contributed by atoms with Crippen LogP contribution in [0.25, 0.3) is 0 Å². The van der Waals surface area contributed by atoms with Crippen LogP contribution in [0.1, 0.15) is 24.2 Å². The van der Waals surface area contributed by atoms with Crippen molar-refractivity contribution in [2.24, 2.45) is 5.92 Å². The highest BCUT2D eigenvalue weighted by Crippen LogP contribution is 2.28. The molecule has 2 amide bonds. The number of carbonyl (C=O) groups excluding carboxylic acids is 2. The molecule has 0 aliphatic rings. The fourth-order valence-corrected chi connectivity index (χ4v) is 3.16. The first-order chi connectivity index (χ1) is 12.9. The minimum atomic E-state index is -0.487. The molecule has 2 rings (SSSR count). The maximum absolute atomic E-state index is 12.3. The zero-order valence-electron chi connectivity index (χ0n) is 14.9. The van der Waals surface area contributed by atoms with Crippen LogP contribution in [-0.2, 0) is 4.79 Å². The van der Waals surface area contributed by atoms with Crippen molar-refractivity contribution in [2.45, 2.75) is 13.8 Å². The van der Waals surface area contributed by atoms with Gasteiger partial charge in [-0.3, -0.25) is 20.4 Å². The Kier molecular flexibility index (Phi) is 8.12. The van der Waals surface area contributed by atoms with E-state index < -0.39 is 11.8 Å². The van der Waals surface area contributed by atoms with Gasteiger partial charge in [0.1, 0.15) is 11.5 Å². The second-order valence-corrected chi connectivity index (χ2v) is 7.84. The Morgan fingerprint density at radius 3 is 2.44 bits per heavy atom. The van der Waals surface area contributed by atoms with E-state index in [0.29, 0.717) is 34.1 Å². The minimum absolute atomic E-state index is 0.244. The van der Waals surface area contributed by atoms with Gasteiger partial charge in [-0.15, -0.1) is 0 Å². The van der Waals surface area contributed by atoms with E-state index in [4.69, 9.17) is 9.47 Å². The van der Waals surface area contributed by atoms with Crippen molar-refractivity contribution in [3.63, 3.8) is 0 Å². The normalized spacial score (nSPS) is 10.4. The number of benzene rings is 2. The van der Waals surface area contributed by atoms with Gasteiger partial charge in [0.15, 0.2) is 6.61 Å². The van der Waals surface area contributed by atoms with Crippen LogP contribution >= 0.6 is 31.9 Å². The van der Waals surface area contributed by atoms with Crippen molar-refractivity contribution in [1.29, 1.82) is 0 Å². The molecule has 0 aromatic heterocycles. The smallest absolute Gasteiger partial charge is 0.276 e. The summed E-state index contributed by atoms with van der Waals surface area (Å²) in [4.78, 5) is 24.2. The van der Waals surface area contributed by atoms with Crippen molar-refractivity contribution >= 4 is 43.7 Å². The summed E-state index contributed by atoms with van der Waals surface area (Å²) in [6.45, 7) is 4.29. The first kappa shape index (κ1) is 21.2. The van der Waals surface area contributed by atoms with E-state index in [0.717, 1.165) is 4.47 Å². The van der Waals surface area contributed by atoms with Gasteiger partial charge in [-0.2, -0.15) is 0 Å². The number of ether oxygens (including phenoxy) is 2. The Balaban J connectivity index is 1.87. The summed E-state index contributed by atoms with van der Waals surface area (Å²) in [7, 11) is 0. The minimum Gasteiger partial charge on any atom is -0.492 e. The van der Waals surface area contributed by atoms with Crippen molar-refractivity contribution in [2.75, 3.05) is 13.2 Å². The van der Waals surface area contributed by atoms with Crippen molar-refractivity contribution in [1.82, 2.24) is 10.9 Å². The molecule has 2 N–H and O–H groups in total. The van der Waals surface area contributed by atoms with Crippen molar-refractivity contribution in [3.05, 3.63) is 57.0 Å². The number of hydrazine groups is 1. The summed E-state index contributed by atoms with van der Waals surface area (Å²) in [6.07, 6.45) is 0. The van der Waals surface area contributed by atoms with Gasteiger partial charge in [-0.05, 0) is 52.2 Å². The van der Waals surface area contributed by atoms with Gasteiger partial charge in [0.25, 0.3) is 11.8 Å². The van der Waals surface area contributed by atoms with Crippen LogP contribution in [0.5, 0.6) is 11.5 Å². The Labute approximate surface area is 174 Å². The van der Waals surface area contributed by atoms with Crippen molar-refractivity contribution in [3.8, 4) is 11.5 Å². The molecule has 27 heavy (non-hydrogen) atoms. The second-order valence-electron chi connectivity index (χ2n) is 6.07. The summed E-state index contributed by atoms with van der Waals surface area (Å²) in [6, 6.07) is 12.2. The number of hydrogen-bond donors (Lipinski definition) is 2. The van der Waals surface area contributed by atoms with Crippen LogP contribution in [0.3, 0.4) is 0 Å². The molecule has 0 spiro atoms. The van der Waals surface area contributed by atoms with Gasteiger partial charge in [-0.1, -0.05) is 41.9 Å². The van der Waals surface area contributed by atoms with Gasteiger partial charge in [0.2, 0.25) is 0 Å². The first-order valence-corrected chi connectivity index (χ1v) is 9.84. The van der Waals surface area contributed by atoms with Gasteiger partial charge in [0, 0.05) is 4.47 Å². The van der Waals surface area contributed by atoms with E-state index in [2.05, 4.69) is 42.7 Å². The zero-order valence-corrected chi connectivity index (χ0v) is 18.1. The third-order valence-corrected chi connectivity index (χ3v) is 4.38. The summed E-state index contributed by atoms with van der Waals surface area (Å²) in [5, 5.41) is 0. The van der Waals surface area contributed by atoms with E-state index in [9.17, 15) is 9.59 Å². The Morgan fingerprint density at radius 1 is 1.00 bits per heavy atom. The maximum atomic E-state index is 12.3. The molecule has 0 aliphatic heterocycles. The van der Waals surface area contributed by atoms with Gasteiger partial charge in [-0.25, -0.2) is 0 Å². The van der Waals surface area contributed by atoms with E-state index in [1.165, 1.54) is 0 Å². The molecule has 0 heterocycles. The van der Waals surface area contributed by atoms with Gasteiger partial charge >= 0.3 is 0 Å². The third-order valence-electron chi connectivity index (χ3n) is 3.27. The number of carbonyl (C=O) groups is 2. The molecule has 0 bridgehead atoms. The molecule has 0 radical (unpaired) electrons. The molecule has 2 aromatic rings. The van der Waals surface area contributed by atoms with E-state index in [-0.39, 0.29) is 6.61 Å². The molecular formula is C19H20Br2N2O4. The SMILES string of the molecule is CC(C)COc1ccccc1C(=O)NNC(=O)COc1ccc(Br)cc1Br. The summed E-state index contributed by atoms with van der Waals surface area (Å²) >= 11 is 6.69. The fourth-order valence-electron chi connectivity index (χ4n) is 2.00. The summed E-state index contributed by atoms with van der Waals surface area (Å²) in [5.41, 5.74) is 5.04. The lowest BCUT2D eigenvalue weighted by molar-refractivity contribution is -0.123. The van der Waals surface area contributed by atoms with Gasteiger partial charge in [0.05, 0.1) is 16.6 Å². The molecule has 144 valence electrons. The molecule has 8 heteroatoms. The summed E-state index contributed by atoms with van der Waals surface area (Å²) in [5.74, 6) is 0.363. The molecule has 6 nitrogen and oxygen atoms in total. The average Bonchev–Trinajstić information content (AvgIpc) is 2.64. The number of para-hydroxylation sites is 1. The maximum Gasteiger partial charge on any atom is 0.276 e. The molecular weight excluding hydrogens is 480 g/mol. The number of hydrogen-bond acceptors (Lipinski definition) is 4. The van der Waals surface area contributed by atoms with Crippen LogP contribution < -0.4 is 20.3 Å². The van der Waals surface area contributed by atoms with Crippen LogP contribution in [0.15, 0.2) is 51.4 Å². The van der Waals surface area contributed by atoms with Gasteiger partial charge < -0.3 is 9.47 Å². The van der Waals surface area contributed by atoms with Crippen LogP contribution in [0.4, 0.5) is 0 Å². The lowest BCUT2D eigenvalue weighted by Crippen LogP contribution is -2.44. The molecule has 0 saturated heterocycles. The third kappa shape index (κ3) is 6.88. The predicted molar refractivity (Wildman–Crippen MR) is 110 cm³/mol.